The molecule has 0 spiro atoms. The first-order valence-electron chi connectivity index (χ1n) is 9.90. The van der Waals surface area contributed by atoms with E-state index >= 15 is 0 Å². The molecule has 8 nitrogen and oxygen atoms in total. The second kappa shape index (κ2) is 7.92. The molecule has 0 aromatic carbocycles. The Labute approximate surface area is 172 Å². The summed E-state index contributed by atoms with van der Waals surface area (Å²) in [5.41, 5.74) is -0.0823. The van der Waals surface area contributed by atoms with Gasteiger partial charge in [0, 0.05) is 24.8 Å². The lowest BCUT2D eigenvalue weighted by molar-refractivity contribution is -0.144. The van der Waals surface area contributed by atoms with Gasteiger partial charge in [-0.2, -0.15) is 22.7 Å². The van der Waals surface area contributed by atoms with Gasteiger partial charge in [0.2, 0.25) is 0 Å². The SMILES string of the molecule is Cc1cc(N2CCCC(C)C2CNC(=O)OC(C)(C)C)n2nc(C(F)(F)F)nc2n1. The number of hydrogen-bond donors (Lipinski definition) is 1. The number of nitrogens with one attached hydrogen (secondary N) is 1. The molecule has 1 saturated heterocycles. The molecular formula is C19H27F3N6O2. The Balaban J connectivity index is 1.92. The molecule has 1 aliphatic heterocycles. The highest BCUT2D eigenvalue weighted by atomic mass is 19.4. The topological polar surface area (TPSA) is 84.7 Å². The van der Waals surface area contributed by atoms with Crippen LogP contribution in [0.25, 0.3) is 5.78 Å². The number of ether oxygens (including phenoxy) is 1. The lowest BCUT2D eigenvalue weighted by atomic mass is 9.90. The fraction of sp³-hybridized carbons (Fsp3) is 0.684. The van der Waals surface area contributed by atoms with Gasteiger partial charge in [-0.05, 0) is 46.5 Å². The second-order valence-corrected chi connectivity index (χ2v) is 8.66. The Hall–Kier alpha value is -2.59. The highest BCUT2D eigenvalue weighted by Gasteiger charge is 2.38. The molecule has 3 heterocycles. The molecule has 1 N–H and O–H groups in total. The summed E-state index contributed by atoms with van der Waals surface area (Å²) in [6, 6.07) is 1.55. The van der Waals surface area contributed by atoms with E-state index in [1.165, 1.54) is 0 Å². The number of aryl methyl sites for hydroxylation is 1. The predicted octanol–water partition coefficient (Wildman–Crippen LogP) is 3.58. The van der Waals surface area contributed by atoms with E-state index < -0.39 is 23.7 Å². The molecule has 0 saturated carbocycles. The van der Waals surface area contributed by atoms with E-state index in [0.717, 1.165) is 17.4 Å². The van der Waals surface area contributed by atoms with Gasteiger partial charge in [0.15, 0.2) is 0 Å². The number of anilines is 1. The van der Waals surface area contributed by atoms with Crippen molar-refractivity contribution < 1.29 is 22.7 Å². The van der Waals surface area contributed by atoms with Gasteiger partial charge in [-0.15, -0.1) is 5.10 Å². The fourth-order valence-electron chi connectivity index (χ4n) is 3.64. The molecule has 2 unspecified atom stereocenters. The first-order chi connectivity index (χ1) is 13.8. The van der Waals surface area contributed by atoms with Crippen LogP contribution in [-0.4, -0.2) is 50.4 Å². The number of fused-ring (bicyclic) bond motifs is 1. The number of amides is 1. The van der Waals surface area contributed by atoms with Crippen LogP contribution in [-0.2, 0) is 10.9 Å². The van der Waals surface area contributed by atoms with Crippen molar-refractivity contribution in [2.24, 2.45) is 5.92 Å². The maximum absolute atomic E-state index is 13.1. The lowest BCUT2D eigenvalue weighted by Gasteiger charge is -2.41. The zero-order valence-electron chi connectivity index (χ0n) is 17.7. The molecule has 0 bridgehead atoms. The number of aromatic nitrogens is 4. The molecule has 3 rings (SSSR count). The van der Waals surface area contributed by atoms with Crippen molar-refractivity contribution in [1.29, 1.82) is 0 Å². The fourth-order valence-corrected chi connectivity index (χ4v) is 3.64. The van der Waals surface area contributed by atoms with E-state index in [4.69, 9.17) is 4.74 Å². The Kier molecular flexibility index (Phi) is 5.83. The summed E-state index contributed by atoms with van der Waals surface area (Å²) in [5.74, 6) is -0.657. The molecule has 1 amide bonds. The minimum absolute atomic E-state index is 0.102. The Morgan fingerprint density at radius 1 is 1.30 bits per heavy atom. The number of carbonyl (C=O) groups excluding carboxylic acids is 1. The molecule has 2 aromatic rings. The molecule has 0 radical (unpaired) electrons. The number of rotatable bonds is 3. The van der Waals surface area contributed by atoms with Crippen molar-refractivity contribution in [3.8, 4) is 0 Å². The van der Waals surface area contributed by atoms with Crippen LogP contribution in [0.5, 0.6) is 0 Å². The van der Waals surface area contributed by atoms with Crippen molar-refractivity contribution in [2.75, 3.05) is 18.0 Å². The van der Waals surface area contributed by atoms with Gasteiger partial charge in [-0.3, -0.25) is 0 Å². The summed E-state index contributed by atoms with van der Waals surface area (Å²) in [7, 11) is 0. The number of halogens is 3. The van der Waals surface area contributed by atoms with Crippen molar-refractivity contribution >= 4 is 17.7 Å². The van der Waals surface area contributed by atoms with Crippen molar-refractivity contribution in [1.82, 2.24) is 24.9 Å². The summed E-state index contributed by atoms with van der Waals surface area (Å²) in [4.78, 5) is 21.7. The Morgan fingerprint density at radius 2 is 2.00 bits per heavy atom. The quantitative estimate of drug-likeness (QED) is 0.805. The van der Waals surface area contributed by atoms with Crippen LogP contribution < -0.4 is 10.2 Å². The number of alkyl carbamates (subject to hydrolysis) is 1. The molecule has 2 aromatic heterocycles. The van der Waals surface area contributed by atoms with Crippen LogP contribution in [0, 0.1) is 12.8 Å². The predicted molar refractivity (Wildman–Crippen MR) is 104 cm³/mol. The third-order valence-corrected chi connectivity index (χ3v) is 4.94. The Morgan fingerprint density at radius 3 is 2.63 bits per heavy atom. The average Bonchev–Trinajstić information content (AvgIpc) is 3.02. The molecule has 1 aliphatic rings. The van der Waals surface area contributed by atoms with E-state index in [2.05, 4.69) is 27.3 Å². The minimum Gasteiger partial charge on any atom is -0.444 e. The zero-order chi connectivity index (χ0) is 22.3. The Bertz CT molecular complexity index is 921. The first-order valence-corrected chi connectivity index (χ1v) is 9.90. The zero-order valence-corrected chi connectivity index (χ0v) is 17.7. The van der Waals surface area contributed by atoms with E-state index in [-0.39, 0.29) is 17.7 Å². The molecule has 0 aliphatic carbocycles. The van der Waals surface area contributed by atoms with Crippen LogP contribution in [0.4, 0.5) is 23.8 Å². The van der Waals surface area contributed by atoms with Crippen LogP contribution >= 0.6 is 0 Å². The van der Waals surface area contributed by atoms with Crippen molar-refractivity contribution in [3.63, 3.8) is 0 Å². The maximum atomic E-state index is 13.1. The van der Waals surface area contributed by atoms with Gasteiger partial charge in [-0.25, -0.2) is 9.78 Å². The van der Waals surface area contributed by atoms with Crippen LogP contribution in [0.15, 0.2) is 6.07 Å². The number of alkyl halides is 3. The summed E-state index contributed by atoms with van der Waals surface area (Å²) < 4.78 is 45.9. The van der Waals surface area contributed by atoms with E-state index in [9.17, 15) is 18.0 Å². The molecule has 11 heteroatoms. The highest BCUT2D eigenvalue weighted by Crippen LogP contribution is 2.31. The van der Waals surface area contributed by atoms with Crippen molar-refractivity contribution in [2.45, 2.75) is 65.3 Å². The number of piperidine rings is 1. The smallest absolute Gasteiger partial charge is 0.444 e. The monoisotopic (exact) mass is 428 g/mol. The standard InChI is InChI=1S/C19H27F3N6O2/c1-11-7-6-8-27(13(11)10-23-17(29)30-18(3,4)5)14-9-12(2)24-16-25-15(19(20,21)22)26-28(14)16/h9,11,13H,6-8,10H2,1-5H3,(H,23,29). The van der Waals surface area contributed by atoms with Crippen LogP contribution in [0.2, 0.25) is 0 Å². The molecule has 166 valence electrons. The second-order valence-electron chi connectivity index (χ2n) is 8.66. The van der Waals surface area contributed by atoms with E-state index in [1.807, 2.05) is 4.90 Å². The van der Waals surface area contributed by atoms with E-state index in [1.54, 1.807) is 33.8 Å². The molecule has 30 heavy (non-hydrogen) atoms. The average molecular weight is 428 g/mol. The largest absolute Gasteiger partial charge is 0.453 e. The third kappa shape index (κ3) is 4.93. The van der Waals surface area contributed by atoms with Gasteiger partial charge < -0.3 is 15.0 Å². The van der Waals surface area contributed by atoms with Gasteiger partial charge in [0.25, 0.3) is 11.6 Å². The van der Waals surface area contributed by atoms with Gasteiger partial charge in [0.05, 0.1) is 6.04 Å². The lowest BCUT2D eigenvalue weighted by Crippen LogP contribution is -2.52. The maximum Gasteiger partial charge on any atom is 0.453 e. The summed E-state index contributed by atoms with van der Waals surface area (Å²) in [6.45, 7) is 10.0. The molecule has 1 fully saturated rings. The molecular weight excluding hydrogens is 401 g/mol. The van der Waals surface area contributed by atoms with Crippen LogP contribution in [0.3, 0.4) is 0 Å². The first kappa shape index (κ1) is 22.1. The summed E-state index contributed by atoms with van der Waals surface area (Å²) in [6.07, 6.45) is -3.38. The number of hydrogen-bond acceptors (Lipinski definition) is 6. The normalized spacial score (nSPS) is 20.5. The summed E-state index contributed by atoms with van der Waals surface area (Å²) >= 11 is 0. The summed E-state index contributed by atoms with van der Waals surface area (Å²) in [5, 5.41) is 6.46. The van der Waals surface area contributed by atoms with Gasteiger partial charge in [-0.1, -0.05) is 6.92 Å². The molecule has 2 atom stereocenters. The number of nitrogens with zero attached hydrogens (tertiary/aromatic N) is 5. The van der Waals surface area contributed by atoms with Gasteiger partial charge >= 0.3 is 12.3 Å². The van der Waals surface area contributed by atoms with E-state index in [0.29, 0.717) is 24.6 Å². The third-order valence-electron chi connectivity index (χ3n) is 4.94. The van der Waals surface area contributed by atoms with Crippen LogP contribution in [0.1, 0.15) is 52.1 Å². The van der Waals surface area contributed by atoms with Gasteiger partial charge in [0.1, 0.15) is 11.4 Å². The highest BCUT2D eigenvalue weighted by molar-refractivity contribution is 5.67. The minimum atomic E-state index is -4.66. The number of carbonyl (C=O) groups is 1. The van der Waals surface area contributed by atoms with Crippen molar-refractivity contribution in [3.05, 3.63) is 17.6 Å².